The molecule has 0 radical (unpaired) electrons. The van der Waals surface area contributed by atoms with E-state index >= 15 is 0 Å². The molecule has 0 spiro atoms. The summed E-state index contributed by atoms with van der Waals surface area (Å²) in [7, 11) is 0. The van der Waals surface area contributed by atoms with Crippen molar-refractivity contribution >= 4 is 6.03 Å². The number of urea groups is 1. The molecule has 0 aliphatic carbocycles. The van der Waals surface area contributed by atoms with Gasteiger partial charge in [-0.2, -0.15) is 0 Å². The van der Waals surface area contributed by atoms with Gasteiger partial charge in [-0.1, -0.05) is 0 Å². The largest absolute Gasteiger partial charge is 0.374 e. The standard InChI is InChI=1S/C9H17N3O2/c13-9-11-2-1-4-12(9)7-8-6-10-3-5-14-8/h8,10H,1-7H2,(H,11,13). The van der Waals surface area contributed by atoms with Crippen molar-refractivity contribution in [3.8, 4) is 0 Å². The fourth-order valence-electron chi connectivity index (χ4n) is 1.84. The van der Waals surface area contributed by atoms with Crippen molar-refractivity contribution in [2.24, 2.45) is 0 Å². The minimum atomic E-state index is 0.0467. The summed E-state index contributed by atoms with van der Waals surface area (Å²) in [6.45, 7) is 4.89. The van der Waals surface area contributed by atoms with E-state index in [1.165, 1.54) is 0 Å². The number of ether oxygens (including phenoxy) is 1. The van der Waals surface area contributed by atoms with Gasteiger partial charge in [0.2, 0.25) is 0 Å². The van der Waals surface area contributed by atoms with Crippen molar-refractivity contribution in [2.45, 2.75) is 12.5 Å². The molecule has 2 rings (SSSR count). The summed E-state index contributed by atoms with van der Waals surface area (Å²) in [5, 5.41) is 6.09. The first kappa shape index (κ1) is 9.73. The van der Waals surface area contributed by atoms with Crippen LogP contribution >= 0.6 is 0 Å². The Morgan fingerprint density at radius 1 is 1.50 bits per heavy atom. The number of nitrogens with zero attached hydrogens (tertiary/aromatic N) is 1. The molecule has 2 aliphatic heterocycles. The van der Waals surface area contributed by atoms with Gasteiger partial charge < -0.3 is 20.3 Å². The van der Waals surface area contributed by atoms with Gasteiger partial charge in [-0.05, 0) is 6.42 Å². The van der Waals surface area contributed by atoms with E-state index in [2.05, 4.69) is 10.6 Å². The summed E-state index contributed by atoms with van der Waals surface area (Å²) in [5.74, 6) is 0. The van der Waals surface area contributed by atoms with Crippen LogP contribution in [0.3, 0.4) is 0 Å². The molecule has 2 fully saturated rings. The number of carbonyl (C=O) groups is 1. The molecule has 2 aliphatic rings. The number of carbonyl (C=O) groups excluding carboxylic acids is 1. The van der Waals surface area contributed by atoms with Crippen molar-refractivity contribution in [3.05, 3.63) is 0 Å². The molecule has 2 saturated heterocycles. The van der Waals surface area contributed by atoms with E-state index in [0.29, 0.717) is 6.54 Å². The van der Waals surface area contributed by atoms with Crippen LogP contribution < -0.4 is 10.6 Å². The summed E-state index contributed by atoms with van der Waals surface area (Å²) >= 11 is 0. The van der Waals surface area contributed by atoms with E-state index < -0.39 is 0 Å². The van der Waals surface area contributed by atoms with E-state index in [0.717, 1.165) is 39.2 Å². The number of rotatable bonds is 2. The fourth-order valence-corrected chi connectivity index (χ4v) is 1.84. The van der Waals surface area contributed by atoms with Crippen molar-refractivity contribution in [1.29, 1.82) is 0 Å². The average molecular weight is 199 g/mol. The second-order valence-electron chi connectivity index (χ2n) is 3.73. The van der Waals surface area contributed by atoms with Gasteiger partial charge in [0.1, 0.15) is 0 Å². The van der Waals surface area contributed by atoms with Gasteiger partial charge in [0.15, 0.2) is 0 Å². The van der Waals surface area contributed by atoms with E-state index in [4.69, 9.17) is 4.74 Å². The predicted octanol–water partition coefficient (Wildman–Crippen LogP) is -0.610. The molecule has 14 heavy (non-hydrogen) atoms. The zero-order chi connectivity index (χ0) is 9.80. The van der Waals surface area contributed by atoms with Crippen molar-refractivity contribution < 1.29 is 9.53 Å². The van der Waals surface area contributed by atoms with Crippen molar-refractivity contribution in [2.75, 3.05) is 39.3 Å². The van der Waals surface area contributed by atoms with Gasteiger partial charge in [0.05, 0.1) is 12.7 Å². The molecule has 2 heterocycles. The van der Waals surface area contributed by atoms with E-state index in [9.17, 15) is 4.79 Å². The Bertz CT molecular complexity index is 204. The number of hydrogen-bond acceptors (Lipinski definition) is 3. The Labute approximate surface area is 83.8 Å². The lowest BCUT2D eigenvalue weighted by Gasteiger charge is -2.32. The lowest BCUT2D eigenvalue weighted by atomic mass is 10.2. The minimum Gasteiger partial charge on any atom is -0.374 e. The van der Waals surface area contributed by atoms with E-state index in [1.807, 2.05) is 4.90 Å². The zero-order valence-corrected chi connectivity index (χ0v) is 8.29. The Morgan fingerprint density at radius 2 is 2.43 bits per heavy atom. The topological polar surface area (TPSA) is 53.6 Å². The second-order valence-corrected chi connectivity index (χ2v) is 3.73. The van der Waals surface area contributed by atoms with Crippen molar-refractivity contribution in [1.82, 2.24) is 15.5 Å². The number of hydrogen-bond donors (Lipinski definition) is 2. The van der Waals surface area contributed by atoms with Gasteiger partial charge in [0.25, 0.3) is 0 Å². The monoisotopic (exact) mass is 199 g/mol. The highest BCUT2D eigenvalue weighted by Gasteiger charge is 2.22. The molecule has 0 aromatic heterocycles. The maximum atomic E-state index is 11.4. The Balaban J connectivity index is 1.79. The summed E-state index contributed by atoms with van der Waals surface area (Å²) in [6.07, 6.45) is 1.19. The van der Waals surface area contributed by atoms with E-state index in [-0.39, 0.29) is 12.1 Å². The third kappa shape index (κ3) is 2.36. The van der Waals surface area contributed by atoms with Gasteiger partial charge >= 0.3 is 6.03 Å². The minimum absolute atomic E-state index is 0.0467. The van der Waals surface area contributed by atoms with Gasteiger partial charge in [-0.3, -0.25) is 0 Å². The molecule has 0 saturated carbocycles. The maximum Gasteiger partial charge on any atom is 0.317 e. The summed E-state index contributed by atoms with van der Waals surface area (Å²) in [5.41, 5.74) is 0. The summed E-state index contributed by atoms with van der Waals surface area (Å²) in [4.78, 5) is 13.2. The lowest BCUT2D eigenvalue weighted by Crippen LogP contribution is -2.52. The second kappa shape index (κ2) is 4.61. The highest BCUT2D eigenvalue weighted by molar-refractivity contribution is 5.74. The van der Waals surface area contributed by atoms with Gasteiger partial charge in [-0.25, -0.2) is 4.79 Å². The zero-order valence-electron chi connectivity index (χ0n) is 8.29. The molecule has 2 amide bonds. The fraction of sp³-hybridized carbons (Fsp3) is 0.889. The summed E-state index contributed by atoms with van der Waals surface area (Å²) in [6, 6.07) is 0.0467. The number of morpholine rings is 1. The van der Waals surface area contributed by atoms with Crippen LogP contribution in [0.5, 0.6) is 0 Å². The maximum absolute atomic E-state index is 11.4. The first-order valence-electron chi connectivity index (χ1n) is 5.21. The Hall–Kier alpha value is -0.810. The van der Waals surface area contributed by atoms with Gasteiger partial charge in [-0.15, -0.1) is 0 Å². The van der Waals surface area contributed by atoms with Crippen LogP contribution in [0.4, 0.5) is 4.79 Å². The molecule has 1 atom stereocenters. The van der Waals surface area contributed by atoms with Crippen LogP contribution in [0.1, 0.15) is 6.42 Å². The van der Waals surface area contributed by atoms with Crippen LogP contribution in [0.2, 0.25) is 0 Å². The van der Waals surface area contributed by atoms with Crippen LogP contribution in [0.15, 0.2) is 0 Å². The first-order valence-corrected chi connectivity index (χ1v) is 5.21. The Kier molecular flexibility index (Phi) is 3.21. The van der Waals surface area contributed by atoms with Crippen LogP contribution in [0, 0.1) is 0 Å². The number of amides is 2. The quantitative estimate of drug-likeness (QED) is 0.624. The highest BCUT2D eigenvalue weighted by atomic mass is 16.5. The predicted molar refractivity (Wildman–Crippen MR) is 52.2 cm³/mol. The molecule has 1 unspecified atom stereocenters. The molecule has 5 nitrogen and oxygen atoms in total. The highest BCUT2D eigenvalue weighted by Crippen LogP contribution is 2.04. The number of nitrogens with one attached hydrogen (secondary N) is 2. The van der Waals surface area contributed by atoms with Crippen LogP contribution in [-0.2, 0) is 4.74 Å². The lowest BCUT2D eigenvalue weighted by molar-refractivity contribution is 0.0106. The van der Waals surface area contributed by atoms with E-state index in [1.54, 1.807) is 0 Å². The molecule has 0 bridgehead atoms. The molecular weight excluding hydrogens is 182 g/mol. The molecule has 0 aromatic carbocycles. The van der Waals surface area contributed by atoms with Crippen molar-refractivity contribution in [3.63, 3.8) is 0 Å². The SMILES string of the molecule is O=C1NCCCN1CC1CNCCO1. The smallest absolute Gasteiger partial charge is 0.317 e. The third-order valence-corrected chi connectivity index (χ3v) is 2.60. The molecule has 0 aromatic rings. The third-order valence-electron chi connectivity index (χ3n) is 2.60. The van der Waals surface area contributed by atoms with Gasteiger partial charge in [0, 0.05) is 32.7 Å². The molecule has 5 heteroatoms. The normalized spacial score (nSPS) is 28.7. The Morgan fingerprint density at radius 3 is 3.14 bits per heavy atom. The molecule has 80 valence electrons. The average Bonchev–Trinajstić information content (AvgIpc) is 2.23. The molecular formula is C9H17N3O2. The van der Waals surface area contributed by atoms with Crippen LogP contribution in [0.25, 0.3) is 0 Å². The summed E-state index contributed by atoms with van der Waals surface area (Å²) < 4.78 is 5.54. The molecule has 2 N–H and O–H groups in total. The first-order chi connectivity index (χ1) is 6.86. The van der Waals surface area contributed by atoms with Crippen LogP contribution in [-0.4, -0.2) is 56.4 Å².